The lowest BCUT2D eigenvalue weighted by Gasteiger charge is -2.23. The molecule has 1 saturated heterocycles. The quantitative estimate of drug-likeness (QED) is 0.742. The molecule has 2 aromatic rings. The van der Waals surface area contributed by atoms with E-state index in [1.165, 1.54) is 11.1 Å². The maximum atomic E-state index is 13.0. The lowest BCUT2D eigenvalue weighted by atomic mass is 9.89. The van der Waals surface area contributed by atoms with Crippen LogP contribution in [0.25, 0.3) is 0 Å². The predicted molar refractivity (Wildman–Crippen MR) is 109 cm³/mol. The number of hydrogen-bond donors (Lipinski definition) is 2. The van der Waals surface area contributed by atoms with Crippen LogP contribution in [0.4, 0.5) is 4.79 Å². The molecule has 0 unspecified atom stereocenters. The Balaban J connectivity index is 1.45. The Bertz CT molecular complexity index is 1010. The van der Waals surface area contributed by atoms with Crippen molar-refractivity contribution < 1.29 is 14.4 Å². The fourth-order valence-electron chi connectivity index (χ4n) is 3.95. The van der Waals surface area contributed by atoms with Crippen molar-refractivity contribution >= 4 is 29.4 Å². The molecule has 2 aromatic carbocycles. The number of carbonyl (C=O) groups is 3. The first kappa shape index (κ1) is 19.5. The van der Waals surface area contributed by atoms with Gasteiger partial charge in [0.25, 0.3) is 5.91 Å². The van der Waals surface area contributed by atoms with Crippen LogP contribution in [0, 0.1) is 0 Å². The Morgan fingerprint density at radius 3 is 2.72 bits per heavy atom. The van der Waals surface area contributed by atoms with E-state index in [0.29, 0.717) is 5.02 Å². The SMILES string of the molecule is C[C@@]1(c2ccc3c(c2)CCC3)NC(=O)N(CC(=O)NCc2ccccc2Cl)C1=O. The van der Waals surface area contributed by atoms with Gasteiger partial charge in [0.05, 0.1) is 0 Å². The summed E-state index contributed by atoms with van der Waals surface area (Å²) in [4.78, 5) is 38.8. The number of aryl methyl sites for hydroxylation is 2. The van der Waals surface area contributed by atoms with Crippen LogP contribution in [-0.2, 0) is 34.5 Å². The van der Waals surface area contributed by atoms with Crippen molar-refractivity contribution in [2.75, 3.05) is 6.54 Å². The van der Waals surface area contributed by atoms with Crippen LogP contribution in [0.2, 0.25) is 5.02 Å². The van der Waals surface area contributed by atoms with Gasteiger partial charge in [0.15, 0.2) is 0 Å². The van der Waals surface area contributed by atoms with E-state index in [-0.39, 0.29) is 13.1 Å². The van der Waals surface area contributed by atoms with Gasteiger partial charge >= 0.3 is 6.03 Å². The van der Waals surface area contributed by atoms with E-state index >= 15 is 0 Å². The van der Waals surface area contributed by atoms with Crippen molar-refractivity contribution in [3.63, 3.8) is 0 Å². The number of nitrogens with zero attached hydrogens (tertiary/aromatic N) is 1. The smallest absolute Gasteiger partial charge is 0.325 e. The molecule has 0 aromatic heterocycles. The monoisotopic (exact) mass is 411 g/mol. The van der Waals surface area contributed by atoms with Gasteiger partial charge in [-0.3, -0.25) is 14.5 Å². The van der Waals surface area contributed by atoms with E-state index in [1.807, 2.05) is 24.3 Å². The van der Waals surface area contributed by atoms with Gasteiger partial charge in [0, 0.05) is 11.6 Å². The van der Waals surface area contributed by atoms with Crippen LogP contribution in [0.3, 0.4) is 0 Å². The number of imide groups is 1. The summed E-state index contributed by atoms with van der Waals surface area (Å²) in [5.74, 6) is -0.847. The average Bonchev–Trinajstić information content (AvgIpc) is 3.26. The third-order valence-electron chi connectivity index (χ3n) is 5.69. The summed E-state index contributed by atoms with van der Waals surface area (Å²) >= 11 is 6.09. The molecule has 1 atom stereocenters. The molecule has 1 aliphatic heterocycles. The summed E-state index contributed by atoms with van der Waals surface area (Å²) in [5.41, 5.74) is 2.86. The van der Waals surface area contributed by atoms with Gasteiger partial charge in [0.2, 0.25) is 5.91 Å². The van der Waals surface area contributed by atoms with Gasteiger partial charge in [-0.05, 0) is 54.5 Å². The van der Waals surface area contributed by atoms with E-state index < -0.39 is 23.4 Å². The maximum absolute atomic E-state index is 13.0. The minimum absolute atomic E-state index is 0.226. The summed E-state index contributed by atoms with van der Waals surface area (Å²) in [7, 11) is 0. The summed E-state index contributed by atoms with van der Waals surface area (Å²) in [6.45, 7) is 1.57. The summed E-state index contributed by atoms with van der Waals surface area (Å²) in [6, 6.07) is 12.5. The maximum Gasteiger partial charge on any atom is 0.325 e. The number of nitrogens with one attached hydrogen (secondary N) is 2. The van der Waals surface area contributed by atoms with Crippen molar-refractivity contribution in [3.8, 4) is 0 Å². The zero-order valence-corrected chi connectivity index (χ0v) is 16.9. The van der Waals surface area contributed by atoms with Crippen molar-refractivity contribution in [3.05, 3.63) is 69.7 Å². The summed E-state index contributed by atoms with van der Waals surface area (Å²) in [6.07, 6.45) is 3.13. The zero-order chi connectivity index (χ0) is 20.6. The van der Waals surface area contributed by atoms with Crippen molar-refractivity contribution in [1.82, 2.24) is 15.5 Å². The van der Waals surface area contributed by atoms with Crippen molar-refractivity contribution in [2.45, 2.75) is 38.3 Å². The number of rotatable bonds is 5. The molecule has 2 aliphatic rings. The summed E-state index contributed by atoms with van der Waals surface area (Å²) < 4.78 is 0. The highest BCUT2D eigenvalue weighted by Gasteiger charge is 2.49. The molecular weight excluding hydrogens is 390 g/mol. The molecule has 29 heavy (non-hydrogen) atoms. The molecule has 2 N–H and O–H groups in total. The fourth-order valence-corrected chi connectivity index (χ4v) is 4.16. The first-order valence-corrected chi connectivity index (χ1v) is 10.0. The number of fused-ring (bicyclic) bond motifs is 1. The number of amides is 4. The van der Waals surface area contributed by atoms with E-state index in [4.69, 9.17) is 11.6 Å². The third-order valence-corrected chi connectivity index (χ3v) is 6.06. The number of carbonyl (C=O) groups excluding carboxylic acids is 3. The van der Waals surface area contributed by atoms with Gasteiger partial charge in [0.1, 0.15) is 12.1 Å². The second-order valence-electron chi connectivity index (χ2n) is 7.65. The van der Waals surface area contributed by atoms with Crippen LogP contribution < -0.4 is 10.6 Å². The van der Waals surface area contributed by atoms with Crippen LogP contribution in [0.5, 0.6) is 0 Å². The molecule has 1 aliphatic carbocycles. The number of benzene rings is 2. The number of urea groups is 1. The molecule has 6 nitrogen and oxygen atoms in total. The van der Waals surface area contributed by atoms with Crippen molar-refractivity contribution in [2.24, 2.45) is 0 Å². The molecule has 150 valence electrons. The van der Waals surface area contributed by atoms with E-state index in [2.05, 4.69) is 10.6 Å². The van der Waals surface area contributed by atoms with Gasteiger partial charge in [-0.2, -0.15) is 0 Å². The van der Waals surface area contributed by atoms with Gasteiger partial charge in [-0.15, -0.1) is 0 Å². The highest BCUT2D eigenvalue weighted by molar-refractivity contribution is 6.31. The molecule has 4 rings (SSSR count). The van der Waals surface area contributed by atoms with Crippen LogP contribution in [0.15, 0.2) is 42.5 Å². The topological polar surface area (TPSA) is 78.5 Å². The molecule has 0 radical (unpaired) electrons. The first-order valence-electron chi connectivity index (χ1n) is 9.65. The van der Waals surface area contributed by atoms with Gasteiger partial charge in [-0.1, -0.05) is 48.0 Å². The lowest BCUT2D eigenvalue weighted by Crippen LogP contribution is -2.43. The van der Waals surface area contributed by atoms with Gasteiger partial charge in [-0.25, -0.2) is 4.79 Å². The molecule has 1 fully saturated rings. The predicted octanol–water partition coefficient (Wildman–Crippen LogP) is 2.91. The Kier molecular flexibility index (Phi) is 5.04. The number of halogens is 1. The molecule has 0 bridgehead atoms. The molecule has 1 heterocycles. The molecule has 7 heteroatoms. The highest BCUT2D eigenvalue weighted by Crippen LogP contribution is 2.32. The molecule has 0 spiro atoms. The zero-order valence-electron chi connectivity index (χ0n) is 16.1. The van der Waals surface area contributed by atoms with Gasteiger partial charge < -0.3 is 10.6 Å². The van der Waals surface area contributed by atoms with E-state index in [1.54, 1.807) is 25.1 Å². The highest BCUT2D eigenvalue weighted by atomic mass is 35.5. The van der Waals surface area contributed by atoms with E-state index in [9.17, 15) is 14.4 Å². The molecular formula is C22H22ClN3O3. The molecule has 4 amide bonds. The first-order chi connectivity index (χ1) is 13.9. The number of hydrogen-bond acceptors (Lipinski definition) is 3. The Hall–Kier alpha value is -2.86. The average molecular weight is 412 g/mol. The Morgan fingerprint density at radius 1 is 1.17 bits per heavy atom. The lowest BCUT2D eigenvalue weighted by molar-refractivity contribution is -0.134. The Morgan fingerprint density at radius 2 is 1.93 bits per heavy atom. The minimum atomic E-state index is -1.17. The second kappa shape index (κ2) is 7.52. The minimum Gasteiger partial charge on any atom is -0.350 e. The van der Waals surface area contributed by atoms with E-state index in [0.717, 1.165) is 35.3 Å². The van der Waals surface area contributed by atoms with Crippen molar-refractivity contribution in [1.29, 1.82) is 0 Å². The molecule has 0 saturated carbocycles. The van der Waals surface area contributed by atoms with Crippen LogP contribution in [0.1, 0.15) is 35.6 Å². The fraction of sp³-hybridized carbons (Fsp3) is 0.318. The largest absolute Gasteiger partial charge is 0.350 e. The standard InChI is InChI=1S/C22H22ClN3O3/c1-22(17-10-9-14-6-4-7-15(14)11-17)20(28)26(21(29)25-22)13-19(27)24-12-16-5-2-3-8-18(16)23/h2-3,5,8-11H,4,6-7,12-13H2,1H3,(H,24,27)(H,25,29)/t22-/m0/s1. The Labute approximate surface area is 174 Å². The normalized spacial score (nSPS) is 20.6. The van der Waals surface area contributed by atoms with Crippen LogP contribution in [-0.4, -0.2) is 29.3 Å². The summed E-state index contributed by atoms with van der Waals surface area (Å²) in [5, 5.41) is 6.02. The second-order valence-corrected chi connectivity index (χ2v) is 8.06. The van der Waals surface area contributed by atoms with Crippen LogP contribution >= 0.6 is 11.6 Å². The third kappa shape index (κ3) is 3.60.